The molecule has 2 aromatic heterocycles. The van der Waals surface area contributed by atoms with Gasteiger partial charge in [0.15, 0.2) is 0 Å². The first-order valence-electron chi connectivity index (χ1n) is 12.7. The van der Waals surface area contributed by atoms with Crippen molar-refractivity contribution < 1.29 is 9.53 Å². The van der Waals surface area contributed by atoms with E-state index >= 15 is 0 Å². The van der Waals surface area contributed by atoms with Crippen LogP contribution in [0.15, 0.2) is 91.4 Å². The summed E-state index contributed by atoms with van der Waals surface area (Å²) in [6, 6.07) is 22.8. The van der Waals surface area contributed by atoms with Gasteiger partial charge in [-0.25, -0.2) is 14.8 Å². The molecule has 0 saturated heterocycles. The zero-order chi connectivity index (χ0) is 26.5. The van der Waals surface area contributed by atoms with Gasteiger partial charge in [-0.1, -0.05) is 54.6 Å². The van der Waals surface area contributed by atoms with Gasteiger partial charge in [0, 0.05) is 31.0 Å². The summed E-state index contributed by atoms with van der Waals surface area (Å²) in [6.45, 7) is 6.81. The van der Waals surface area contributed by atoms with Crippen molar-refractivity contribution in [1.82, 2.24) is 19.9 Å². The number of nitrogens with one attached hydrogen (secondary N) is 1. The number of hydrogen-bond acceptors (Lipinski definition) is 6. The number of benzene rings is 2. The highest BCUT2D eigenvalue weighted by Gasteiger charge is 2.24. The van der Waals surface area contributed by atoms with Crippen molar-refractivity contribution in [3.63, 3.8) is 0 Å². The summed E-state index contributed by atoms with van der Waals surface area (Å²) in [5, 5.41) is 3.29. The van der Waals surface area contributed by atoms with Crippen LogP contribution in [0.25, 0.3) is 28.0 Å². The lowest BCUT2D eigenvalue weighted by atomic mass is 9.96. The Hall–Kier alpha value is -4.52. The number of carbonyl (C=O) groups excluding carboxylic acids is 1. The molecular weight excluding hydrogens is 474 g/mol. The van der Waals surface area contributed by atoms with Crippen molar-refractivity contribution in [2.24, 2.45) is 0 Å². The molecule has 0 fully saturated rings. The lowest BCUT2D eigenvalue weighted by Crippen LogP contribution is -2.39. The molecule has 1 aliphatic rings. The van der Waals surface area contributed by atoms with E-state index < -0.39 is 5.60 Å². The molecule has 0 unspecified atom stereocenters. The first kappa shape index (κ1) is 25.1. The van der Waals surface area contributed by atoms with E-state index in [1.165, 1.54) is 5.57 Å². The maximum absolute atomic E-state index is 12.5. The predicted molar refractivity (Wildman–Crippen MR) is 151 cm³/mol. The summed E-state index contributed by atoms with van der Waals surface area (Å²) in [5.41, 5.74) is 5.86. The first-order valence-corrected chi connectivity index (χ1v) is 12.7. The van der Waals surface area contributed by atoms with Gasteiger partial charge in [0.05, 0.1) is 11.9 Å². The molecule has 0 bridgehead atoms. The maximum Gasteiger partial charge on any atom is 0.410 e. The van der Waals surface area contributed by atoms with Crippen LogP contribution in [0.5, 0.6) is 0 Å². The van der Waals surface area contributed by atoms with E-state index in [9.17, 15) is 4.79 Å². The molecule has 38 heavy (non-hydrogen) atoms. The van der Waals surface area contributed by atoms with Crippen molar-refractivity contribution >= 4 is 23.3 Å². The third-order valence-electron chi connectivity index (χ3n) is 6.14. The van der Waals surface area contributed by atoms with Crippen molar-refractivity contribution in [2.75, 3.05) is 18.4 Å². The number of pyridine rings is 1. The Morgan fingerprint density at radius 2 is 1.68 bits per heavy atom. The lowest BCUT2D eigenvalue weighted by molar-refractivity contribution is 0.0270. The SMILES string of the molecule is CC(C)(C)OC(=O)N1CC=C(c2cccc(-c3cc(-c4ccccc4)cc(Nc4cnccn4)n3)c2)CC1. The Morgan fingerprint density at radius 1 is 0.895 bits per heavy atom. The number of aromatic nitrogens is 3. The second-order valence-electron chi connectivity index (χ2n) is 10.2. The highest BCUT2D eigenvalue weighted by Crippen LogP contribution is 2.31. The molecule has 0 radical (unpaired) electrons. The molecule has 0 saturated carbocycles. The van der Waals surface area contributed by atoms with E-state index in [1.54, 1.807) is 23.5 Å². The maximum atomic E-state index is 12.5. The van der Waals surface area contributed by atoms with Crippen LogP contribution in [0, 0.1) is 0 Å². The molecule has 7 heteroatoms. The van der Waals surface area contributed by atoms with Crippen molar-refractivity contribution in [3.8, 4) is 22.4 Å². The fourth-order valence-corrected chi connectivity index (χ4v) is 4.34. The molecule has 0 aliphatic carbocycles. The van der Waals surface area contributed by atoms with Crippen LogP contribution < -0.4 is 5.32 Å². The Labute approximate surface area is 223 Å². The highest BCUT2D eigenvalue weighted by molar-refractivity contribution is 5.78. The van der Waals surface area contributed by atoms with Crippen LogP contribution in [0.1, 0.15) is 32.8 Å². The fourth-order valence-electron chi connectivity index (χ4n) is 4.34. The zero-order valence-corrected chi connectivity index (χ0v) is 21.9. The van der Waals surface area contributed by atoms with Gasteiger partial charge in [0.25, 0.3) is 0 Å². The summed E-state index contributed by atoms with van der Waals surface area (Å²) in [5.74, 6) is 1.32. The molecule has 0 spiro atoms. The summed E-state index contributed by atoms with van der Waals surface area (Å²) in [7, 11) is 0. The van der Waals surface area contributed by atoms with Crippen LogP contribution in [-0.4, -0.2) is 44.6 Å². The normalized spacial score (nSPS) is 13.6. The molecule has 5 rings (SSSR count). The van der Waals surface area contributed by atoms with Crippen LogP contribution in [0.3, 0.4) is 0 Å². The third kappa shape index (κ3) is 6.24. The summed E-state index contributed by atoms with van der Waals surface area (Å²) in [4.78, 5) is 27.6. The molecule has 0 atom stereocenters. The van der Waals surface area contributed by atoms with Crippen LogP contribution in [0.4, 0.5) is 16.4 Å². The van der Waals surface area contributed by atoms with Gasteiger partial charge in [0.2, 0.25) is 0 Å². The largest absolute Gasteiger partial charge is 0.444 e. The molecule has 192 valence electrons. The lowest BCUT2D eigenvalue weighted by Gasteiger charge is -2.29. The van der Waals surface area contributed by atoms with Crippen molar-refractivity contribution in [3.05, 3.63) is 97.0 Å². The average Bonchev–Trinajstić information content (AvgIpc) is 2.93. The Bertz CT molecular complexity index is 1450. The van der Waals surface area contributed by atoms with Gasteiger partial charge in [0.1, 0.15) is 17.2 Å². The van der Waals surface area contributed by atoms with E-state index in [-0.39, 0.29) is 6.09 Å². The monoisotopic (exact) mass is 505 g/mol. The van der Waals surface area contributed by atoms with Gasteiger partial charge in [-0.3, -0.25) is 4.98 Å². The van der Waals surface area contributed by atoms with E-state index in [4.69, 9.17) is 9.72 Å². The van der Waals surface area contributed by atoms with E-state index in [2.05, 4.69) is 63.8 Å². The van der Waals surface area contributed by atoms with Gasteiger partial charge in [-0.05, 0) is 67.7 Å². The van der Waals surface area contributed by atoms with Crippen molar-refractivity contribution in [2.45, 2.75) is 32.8 Å². The molecule has 3 heterocycles. The van der Waals surface area contributed by atoms with Crippen LogP contribution in [-0.2, 0) is 4.74 Å². The van der Waals surface area contributed by atoms with Crippen LogP contribution in [0.2, 0.25) is 0 Å². The van der Waals surface area contributed by atoms with E-state index in [1.807, 2.05) is 45.0 Å². The summed E-state index contributed by atoms with van der Waals surface area (Å²) < 4.78 is 5.53. The van der Waals surface area contributed by atoms with Gasteiger partial charge in [-0.15, -0.1) is 0 Å². The Kier molecular flexibility index (Phi) is 7.18. The molecule has 2 aromatic carbocycles. The standard InChI is InChI=1S/C31H31N5O2/c1-31(2,3)38-30(37)36-16-12-23(13-17-36)24-10-7-11-25(18-24)27-19-26(22-8-5-4-6-9-22)20-28(34-27)35-29-21-32-14-15-33-29/h4-12,14-15,18-21H,13,16-17H2,1-3H3,(H,33,34,35). The minimum absolute atomic E-state index is 0.272. The second kappa shape index (κ2) is 10.8. The van der Waals surface area contributed by atoms with E-state index in [0.717, 1.165) is 34.4 Å². The Balaban J connectivity index is 1.44. The average molecular weight is 506 g/mol. The molecular formula is C31H31N5O2. The quantitative estimate of drug-likeness (QED) is 0.315. The number of nitrogens with zero attached hydrogens (tertiary/aromatic N) is 4. The predicted octanol–water partition coefficient (Wildman–Crippen LogP) is 6.97. The van der Waals surface area contributed by atoms with Crippen molar-refractivity contribution in [1.29, 1.82) is 0 Å². The Morgan fingerprint density at radius 3 is 2.39 bits per heavy atom. The number of rotatable bonds is 5. The molecule has 4 aromatic rings. The molecule has 1 N–H and O–H groups in total. The fraction of sp³-hybridized carbons (Fsp3) is 0.226. The number of carbonyl (C=O) groups is 1. The van der Waals surface area contributed by atoms with E-state index in [0.29, 0.717) is 24.7 Å². The topological polar surface area (TPSA) is 80.2 Å². The smallest absolute Gasteiger partial charge is 0.410 e. The first-order chi connectivity index (χ1) is 18.3. The minimum Gasteiger partial charge on any atom is -0.444 e. The van der Waals surface area contributed by atoms with Gasteiger partial charge >= 0.3 is 6.09 Å². The van der Waals surface area contributed by atoms with Gasteiger partial charge in [-0.2, -0.15) is 0 Å². The second-order valence-corrected chi connectivity index (χ2v) is 10.2. The third-order valence-corrected chi connectivity index (χ3v) is 6.14. The number of amides is 1. The highest BCUT2D eigenvalue weighted by atomic mass is 16.6. The van der Waals surface area contributed by atoms with Gasteiger partial charge < -0.3 is 15.0 Å². The summed E-state index contributed by atoms with van der Waals surface area (Å²) >= 11 is 0. The number of ether oxygens (including phenoxy) is 1. The number of anilines is 2. The zero-order valence-electron chi connectivity index (χ0n) is 21.9. The minimum atomic E-state index is -0.502. The molecule has 1 amide bonds. The van der Waals surface area contributed by atoms with Crippen LogP contribution >= 0.6 is 0 Å². The molecule has 7 nitrogen and oxygen atoms in total. The summed E-state index contributed by atoms with van der Waals surface area (Å²) in [6.07, 6.45) is 7.57. The molecule has 1 aliphatic heterocycles. The number of hydrogen-bond donors (Lipinski definition) is 1.